The molecule has 120 valence electrons. The monoisotopic (exact) mass is 339 g/mol. The van der Waals surface area contributed by atoms with Gasteiger partial charge >= 0.3 is 0 Å². The van der Waals surface area contributed by atoms with Gasteiger partial charge in [0.15, 0.2) is 5.13 Å². The lowest BCUT2D eigenvalue weighted by atomic mass is 10.1. The summed E-state index contributed by atoms with van der Waals surface area (Å²) >= 11 is 1.39. The van der Waals surface area contributed by atoms with E-state index in [9.17, 15) is 9.59 Å². The van der Waals surface area contributed by atoms with Crippen molar-refractivity contribution in [3.05, 3.63) is 47.5 Å². The lowest BCUT2D eigenvalue weighted by molar-refractivity contribution is -0.115. The van der Waals surface area contributed by atoms with Gasteiger partial charge in [0.1, 0.15) is 5.75 Å². The molecular weight excluding hydrogens is 326 g/mol. The minimum Gasteiger partial charge on any atom is -0.497 e. The molecule has 2 heterocycles. The number of thiazole rings is 1. The largest absolute Gasteiger partial charge is 0.497 e. The molecule has 0 spiro atoms. The molecule has 2 amide bonds. The van der Waals surface area contributed by atoms with Crippen molar-refractivity contribution in [2.45, 2.75) is 6.42 Å². The first-order valence-corrected chi connectivity index (χ1v) is 8.13. The normalized spacial score (nSPS) is 12.8. The molecule has 2 aromatic carbocycles. The molecule has 1 aliphatic rings. The van der Waals surface area contributed by atoms with Crippen LogP contribution in [-0.4, -0.2) is 23.9 Å². The molecule has 0 aliphatic carbocycles. The number of fused-ring (bicyclic) bond motifs is 2. The molecule has 7 heteroatoms. The third-order valence-electron chi connectivity index (χ3n) is 3.81. The van der Waals surface area contributed by atoms with Crippen molar-refractivity contribution in [1.29, 1.82) is 0 Å². The summed E-state index contributed by atoms with van der Waals surface area (Å²) in [5.41, 5.74) is 2.91. The maximum Gasteiger partial charge on any atom is 0.257 e. The predicted molar refractivity (Wildman–Crippen MR) is 92.9 cm³/mol. The van der Waals surface area contributed by atoms with Crippen LogP contribution in [0, 0.1) is 0 Å². The zero-order valence-corrected chi connectivity index (χ0v) is 13.6. The molecular formula is C17H13N3O3S. The van der Waals surface area contributed by atoms with Crippen LogP contribution in [0.4, 0.5) is 10.8 Å². The number of benzene rings is 2. The lowest BCUT2D eigenvalue weighted by Crippen LogP contribution is -2.11. The molecule has 0 atom stereocenters. The van der Waals surface area contributed by atoms with Crippen LogP contribution in [-0.2, 0) is 11.2 Å². The fraction of sp³-hybridized carbons (Fsp3) is 0.118. The molecule has 2 N–H and O–H groups in total. The summed E-state index contributed by atoms with van der Waals surface area (Å²) in [5.74, 6) is 0.450. The average molecular weight is 339 g/mol. The Kier molecular flexibility index (Phi) is 3.42. The number of hydrogen-bond donors (Lipinski definition) is 2. The SMILES string of the molecule is COc1ccc2nc(NC(=O)c3ccc4c(c3)CC(=O)N4)sc2c1. The van der Waals surface area contributed by atoms with E-state index in [1.807, 2.05) is 18.2 Å². The van der Waals surface area contributed by atoms with Crippen molar-refractivity contribution in [3.8, 4) is 5.75 Å². The molecule has 0 bridgehead atoms. The standard InChI is InChI=1S/C17H13N3O3S/c1-23-11-3-5-13-14(8-11)24-17(19-13)20-16(22)9-2-4-12-10(6-9)7-15(21)18-12/h2-6,8H,7H2,1H3,(H,18,21)(H,19,20,22). The number of carbonyl (C=O) groups is 2. The first-order valence-electron chi connectivity index (χ1n) is 7.31. The highest BCUT2D eigenvalue weighted by atomic mass is 32.1. The van der Waals surface area contributed by atoms with Gasteiger partial charge in [0.25, 0.3) is 5.91 Å². The molecule has 3 aromatic rings. The van der Waals surface area contributed by atoms with Crippen molar-refractivity contribution >= 4 is 44.2 Å². The molecule has 24 heavy (non-hydrogen) atoms. The van der Waals surface area contributed by atoms with Crippen molar-refractivity contribution in [1.82, 2.24) is 4.98 Å². The van der Waals surface area contributed by atoms with Gasteiger partial charge in [0.05, 0.1) is 23.7 Å². The third kappa shape index (κ3) is 2.59. The molecule has 0 saturated carbocycles. The zero-order valence-electron chi connectivity index (χ0n) is 12.8. The highest BCUT2D eigenvalue weighted by Gasteiger charge is 2.19. The summed E-state index contributed by atoms with van der Waals surface area (Å²) in [6, 6.07) is 10.7. The van der Waals surface area contributed by atoms with Crippen LogP contribution in [0.5, 0.6) is 5.75 Å². The summed E-state index contributed by atoms with van der Waals surface area (Å²) < 4.78 is 6.13. The van der Waals surface area contributed by atoms with E-state index in [1.54, 1.807) is 25.3 Å². The Morgan fingerprint density at radius 2 is 2.17 bits per heavy atom. The van der Waals surface area contributed by atoms with Gasteiger partial charge < -0.3 is 10.1 Å². The number of nitrogens with zero attached hydrogens (tertiary/aromatic N) is 1. The Balaban J connectivity index is 1.58. The number of nitrogens with one attached hydrogen (secondary N) is 2. The Labute approximate surface area is 141 Å². The van der Waals surface area contributed by atoms with Gasteiger partial charge in [-0.3, -0.25) is 14.9 Å². The molecule has 0 fully saturated rings. The second kappa shape index (κ2) is 5.61. The maximum atomic E-state index is 12.4. The van der Waals surface area contributed by atoms with Crippen LogP contribution in [0.2, 0.25) is 0 Å². The fourth-order valence-electron chi connectivity index (χ4n) is 2.63. The van der Waals surface area contributed by atoms with E-state index in [0.29, 0.717) is 17.1 Å². The molecule has 0 radical (unpaired) electrons. The van der Waals surface area contributed by atoms with E-state index in [-0.39, 0.29) is 11.8 Å². The van der Waals surface area contributed by atoms with Gasteiger partial charge in [-0.25, -0.2) is 4.98 Å². The van der Waals surface area contributed by atoms with Crippen LogP contribution in [0.1, 0.15) is 15.9 Å². The van der Waals surface area contributed by atoms with E-state index >= 15 is 0 Å². The summed E-state index contributed by atoms with van der Waals surface area (Å²) in [4.78, 5) is 28.2. The minimum atomic E-state index is -0.247. The van der Waals surface area contributed by atoms with Crippen molar-refractivity contribution < 1.29 is 14.3 Å². The minimum absolute atomic E-state index is 0.0531. The smallest absolute Gasteiger partial charge is 0.257 e. The van der Waals surface area contributed by atoms with Crippen LogP contribution in [0.15, 0.2) is 36.4 Å². The molecule has 6 nitrogen and oxygen atoms in total. The predicted octanol–water partition coefficient (Wildman–Crippen LogP) is 3.05. The highest BCUT2D eigenvalue weighted by Crippen LogP contribution is 2.30. The number of methoxy groups -OCH3 is 1. The second-order valence-electron chi connectivity index (χ2n) is 5.40. The topological polar surface area (TPSA) is 80.3 Å². The van der Waals surface area contributed by atoms with Gasteiger partial charge in [-0.15, -0.1) is 0 Å². The quantitative estimate of drug-likeness (QED) is 0.768. The number of hydrogen-bond acceptors (Lipinski definition) is 5. The third-order valence-corrected chi connectivity index (χ3v) is 4.74. The number of carbonyl (C=O) groups excluding carboxylic acids is 2. The lowest BCUT2D eigenvalue weighted by Gasteiger charge is -2.04. The van der Waals surface area contributed by atoms with Crippen molar-refractivity contribution in [2.24, 2.45) is 0 Å². The molecule has 4 rings (SSSR count). The second-order valence-corrected chi connectivity index (χ2v) is 6.43. The average Bonchev–Trinajstić information content (AvgIpc) is 3.14. The molecule has 0 unspecified atom stereocenters. The zero-order chi connectivity index (χ0) is 16.7. The van der Waals surface area contributed by atoms with Crippen LogP contribution in [0.3, 0.4) is 0 Å². The van der Waals surface area contributed by atoms with Crippen LogP contribution in [0.25, 0.3) is 10.2 Å². The van der Waals surface area contributed by atoms with E-state index in [4.69, 9.17) is 4.74 Å². The van der Waals surface area contributed by atoms with Crippen molar-refractivity contribution in [3.63, 3.8) is 0 Å². The number of amides is 2. The number of anilines is 2. The first kappa shape index (κ1) is 14.6. The van der Waals surface area contributed by atoms with Gasteiger partial charge in [0.2, 0.25) is 5.91 Å². The Morgan fingerprint density at radius 1 is 1.29 bits per heavy atom. The van der Waals surface area contributed by atoms with Crippen LogP contribution < -0.4 is 15.4 Å². The van der Waals surface area contributed by atoms with E-state index < -0.39 is 0 Å². The number of aromatic nitrogens is 1. The summed E-state index contributed by atoms with van der Waals surface area (Å²) in [5, 5.41) is 6.08. The van der Waals surface area contributed by atoms with Gasteiger partial charge in [-0.2, -0.15) is 0 Å². The van der Waals surface area contributed by atoms with Gasteiger partial charge in [0, 0.05) is 11.3 Å². The number of ether oxygens (including phenoxy) is 1. The van der Waals surface area contributed by atoms with E-state index in [2.05, 4.69) is 15.6 Å². The van der Waals surface area contributed by atoms with Crippen LogP contribution >= 0.6 is 11.3 Å². The van der Waals surface area contributed by atoms with Gasteiger partial charge in [-0.05, 0) is 42.0 Å². The Morgan fingerprint density at radius 3 is 3.00 bits per heavy atom. The van der Waals surface area contributed by atoms with E-state index in [1.165, 1.54) is 11.3 Å². The van der Waals surface area contributed by atoms with E-state index in [0.717, 1.165) is 27.2 Å². The summed E-state index contributed by atoms with van der Waals surface area (Å²) in [6.07, 6.45) is 0.303. The first-order chi connectivity index (χ1) is 11.6. The molecule has 1 aliphatic heterocycles. The molecule has 0 saturated heterocycles. The number of rotatable bonds is 3. The molecule has 1 aromatic heterocycles. The maximum absolute atomic E-state index is 12.4. The van der Waals surface area contributed by atoms with Crippen molar-refractivity contribution in [2.75, 3.05) is 17.7 Å². The Hall–Kier alpha value is -2.93. The van der Waals surface area contributed by atoms with Gasteiger partial charge in [-0.1, -0.05) is 11.3 Å². The fourth-order valence-corrected chi connectivity index (χ4v) is 3.51. The summed E-state index contributed by atoms with van der Waals surface area (Å²) in [7, 11) is 1.61. The summed E-state index contributed by atoms with van der Waals surface area (Å²) in [6.45, 7) is 0. The highest BCUT2D eigenvalue weighted by molar-refractivity contribution is 7.22. The Bertz CT molecular complexity index is 980.